The van der Waals surface area contributed by atoms with Crippen LogP contribution in [0.3, 0.4) is 0 Å². The van der Waals surface area contributed by atoms with Crippen molar-refractivity contribution in [3.8, 4) is 11.1 Å². The molecule has 0 atom stereocenters. The summed E-state index contributed by atoms with van der Waals surface area (Å²) < 4.78 is 9.08. The highest BCUT2D eigenvalue weighted by atomic mass is 32.1. The smallest absolute Gasteiger partial charge is 0.136 e. The molecular weight excluding hydrogens is 591 g/mol. The molecule has 0 radical (unpaired) electrons. The molecule has 0 spiro atoms. The molecule has 0 fully saturated rings. The molecule has 0 amide bonds. The largest absolute Gasteiger partial charge is 0.456 e. The van der Waals surface area contributed by atoms with Crippen molar-refractivity contribution in [3.63, 3.8) is 0 Å². The van der Waals surface area contributed by atoms with Crippen molar-refractivity contribution < 1.29 is 4.42 Å². The van der Waals surface area contributed by atoms with E-state index in [0.717, 1.165) is 39.0 Å². The van der Waals surface area contributed by atoms with Gasteiger partial charge in [-0.15, -0.1) is 11.3 Å². The van der Waals surface area contributed by atoms with Crippen molar-refractivity contribution in [2.24, 2.45) is 0 Å². The van der Waals surface area contributed by atoms with Gasteiger partial charge in [0.25, 0.3) is 0 Å². The first kappa shape index (κ1) is 26.3. The van der Waals surface area contributed by atoms with E-state index in [1.54, 1.807) is 0 Å². The quantitative estimate of drug-likeness (QED) is 0.183. The molecule has 220 valence electrons. The number of thiophene rings is 1. The number of para-hydroxylation sites is 1. The van der Waals surface area contributed by atoms with Crippen LogP contribution in [-0.4, -0.2) is 0 Å². The number of rotatable bonds is 4. The summed E-state index contributed by atoms with van der Waals surface area (Å²) in [6.45, 7) is 0. The van der Waals surface area contributed by atoms with Crippen LogP contribution in [0, 0.1) is 0 Å². The fourth-order valence-electron chi connectivity index (χ4n) is 7.25. The van der Waals surface area contributed by atoms with Crippen LogP contribution in [0.15, 0.2) is 168 Å². The summed E-state index contributed by atoms with van der Waals surface area (Å²) in [4.78, 5) is 2.35. The lowest BCUT2D eigenvalue weighted by molar-refractivity contribution is 0.669. The van der Waals surface area contributed by atoms with Crippen LogP contribution < -0.4 is 4.90 Å². The fraction of sp³-hybridized carbons (Fsp3) is 0. The lowest BCUT2D eigenvalue weighted by atomic mass is 9.95. The van der Waals surface area contributed by atoms with Gasteiger partial charge < -0.3 is 9.32 Å². The van der Waals surface area contributed by atoms with Crippen LogP contribution in [0.5, 0.6) is 0 Å². The summed E-state index contributed by atoms with van der Waals surface area (Å²) in [5.74, 6) is 0. The molecule has 0 N–H and O–H groups in total. The van der Waals surface area contributed by atoms with E-state index in [-0.39, 0.29) is 0 Å². The summed E-state index contributed by atoms with van der Waals surface area (Å²) in [6, 6.07) is 59.0. The Morgan fingerprint density at radius 2 is 1.13 bits per heavy atom. The third-order valence-corrected chi connectivity index (χ3v) is 10.6. The van der Waals surface area contributed by atoms with Crippen LogP contribution in [0.1, 0.15) is 0 Å². The highest BCUT2D eigenvalue weighted by Gasteiger charge is 2.18. The standard InChI is InChI=1S/C44H27NOS/c1-2-10-31(11-3-1)45(33-20-23-38-37-13-6-7-16-42(37)47-43(38)27-33)32-21-24-40-39(26-32)44-36(14-8-15-41(44)46-40)30-19-22-35-29(25-30)18-17-28-9-4-5-12-34(28)35/h1-27H. The number of nitrogens with zero attached hydrogens (tertiary/aromatic N) is 1. The molecular formula is C44H27NOS. The average molecular weight is 618 g/mol. The highest BCUT2D eigenvalue weighted by molar-refractivity contribution is 7.25. The van der Waals surface area contributed by atoms with Crippen LogP contribution in [0.25, 0.3) is 74.8 Å². The second-order valence-corrected chi connectivity index (χ2v) is 13.2. The minimum Gasteiger partial charge on any atom is -0.456 e. The van der Waals surface area contributed by atoms with Gasteiger partial charge in [0.15, 0.2) is 0 Å². The number of hydrogen-bond donors (Lipinski definition) is 0. The first-order chi connectivity index (χ1) is 23.3. The first-order valence-corrected chi connectivity index (χ1v) is 16.7. The molecule has 0 aliphatic carbocycles. The van der Waals surface area contributed by atoms with Crippen LogP contribution >= 0.6 is 11.3 Å². The molecule has 0 bridgehead atoms. The first-order valence-electron chi connectivity index (χ1n) is 15.9. The minimum absolute atomic E-state index is 0.885. The van der Waals surface area contributed by atoms with E-state index in [1.165, 1.54) is 52.8 Å². The van der Waals surface area contributed by atoms with E-state index in [4.69, 9.17) is 4.42 Å². The summed E-state index contributed by atoms with van der Waals surface area (Å²) in [6.07, 6.45) is 0. The Hall–Kier alpha value is -5.90. The Morgan fingerprint density at radius 3 is 2.06 bits per heavy atom. The van der Waals surface area contributed by atoms with Gasteiger partial charge in [-0.05, 0) is 93.3 Å². The number of furan rings is 1. The van der Waals surface area contributed by atoms with Gasteiger partial charge in [0.2, 0.25) is 0 Å². The van der Waals surface area contributed by atoms with Gasteiger partial charge in [0.1, 0.15) is 11.2 Å². The van der Waals surface area contributed by atoms with Crippen LogP contribution in [0.4, 0.5) is 17.1 Å². The van der Waals surface area contributed by atoms with E-state index < -0.39 is 0 Å². The molecule has 0 saturated heterocycles. The van der Waals surface area contributed by atoms with Gasteiger partial charge in [-0.25, -0.2) is 0 Å². The summed E-state index contributed by atoms with van der Waals surface area (Å²) in [7, 11) is 0. The molecule has 0 aliphatic heterocycles. The predicted molar refractivity (Wildman–Crippen MR) is 202 cm³/mol. The van der Waals surface area contributed by atoms with E-state index >= 15 is 0 Å². The molecule has 10 aromatic rings. The highest BCUT2D eigenvalue weighted by Crippen LogP contribution is 2.44. The van der Waals surface area contributed by atoms with Crippen molar-refractivity contribution in [1.29, 1.82) is 0 Å². The van der Waals surface area contributed by atoms with Gasteiger partial charge in [-0.1, -0.05) is 103 Å². The average Bonchev–Trinajstić information content (AvgIpc) is 3.70. The second kappa shape index (κ2) is 10.3. The Balaban J connectivity index is 1.17. The molecule has 2 aromatic heterocycles. The van der Waals surface area contributed by atoms with Crippen molar-refractivity contribution >= 4 is 92.1 Å². The topological polar surface area (TPSA) is 16.4 Å². The van der Waals surface area contributed by atoms with Gasteiger partial charge in [0, 0.05) is 48.0 Å². The lowest BCUT2D eigenvalue weighted by Crippen LogP contribution is -2.09. The maximum Gasteiger partial charge on any atom is 0.136 e. The molecule has 8 aromatic carbocycles. The molecule has 47 heavy (non-hydrogen) atoms. The number of fused-ring (bicyclic) bond motifs is 9. The molecule has 0 aliphatic rings. The molecule has 2 nitrogen and oxygen atoms in total. The summed E-state index contributed by atoms with van der Waals surface area (Å²) in [5.41, 5.74) is 7.47. The van der Waals surface area contributed by atoms with E-state index in [2.05, 4.69) is 169 Å². The maximum atomic E-state index is 6.48. The van der Waals surface area contributed by atoms with Crippen LogP contribution in [0.2, 0.25) is 0 Å². The monoisotopic (exact) mass is 617 g/mol. The maximum absolute atomic E-state index is 6.48. The van der Waals surface area contributed by atoms with Crippen molar-refractivity contribution in [2.75, 3.05) is 4.90 Å². The lowest BCUT2D eigenvalue weighted by Gasteiger charge is -2.25. The van der Waals surface area contributed by atoms with Crippen LogP contribution in [-0.2, 0) is 0 Å². The Labute approximate surface area is 275 Å². The molecule has 0 unspecified atom stereocenters. The third-order valence-electron chi connectivity index (χ3n) is 9.43. The predicted octanol–water partition coefficient (Wildman–Crippen LogP) is 13.4. The molecule has 0 saturated carbocycles. The van der Waals surface area contributed by atoms with Crippen molar-refractivity contribution in [3.05, 3.63) is 164 Å². The van der Waals surface area contributed by atoms with Crippen molar-refractivity contribution in [2.45, 2.75) is 0 Å². The second-order valence-electron chi connectivity index (χ2n) is 12.1. The molecule has 10 rings (SSSR count). The zero-order chi connectivity index (χ0) is 30.9. The Kier molecular flexibility index (Phi) is 5.78. The third kappa shape index (κ3) is 4.17. The number of benzene rings is 8. The normalized spacial score (nSPS) is 11.8. The molecule has 3 heteroatoms. The Morgan fingerprint density at radius 1 is 0.404 bits per heavy atom. The van der Waals surface area contributed by atoms with Gasteiger partial charge in [-0.3, -0.25) is 0 Å². The fourth-order valence-corrected chi connectivity index (χ4v) is 8.39. The van der Waals surface area contributed by atoms with E-state index in [0.29, 0.717) is 0 Å². The molecule has 2 heterocycles. The van der Waals surface area contributed by atoms with Gasteiger partial charge in [0.05, 0.1) is 0 Å². The van der Waals surface area contributed by atoms with Gasteiger partial charge >= 0.3 is 0 Å². The van der Waals surface area contributed by atoms with Gasteiger partial charge in [-0.2, -0.15) is 0 Å². The SMILES string of the molecule is c1ccc(N(c2ccc3c(c2)sc2ccccc23)c2ccc3oc4cccc(-c5ccc6c(ccc7ccccc76)c5)c4c3c2)cc1. The summed E-state index contributed by atoms with van der Waals surface area (Å²) in [5, 5.41) is 9.90. The van der Waals surface area contributed by atoms with E-state index in [1.807, 2.05) is 11.3 Å². The number of anilines is 3. The zero-order valence-corrected chi connectivity index (χ0v) is 26.2. The van der Waals surface area contributed by atoms with Crippen molar-refractivity contribution in [1.82, 2.24) is 0 Å². The minimum atomic E-state index is 0.885. The summed E-state index contributed by atoms with van der Waals surface area (Å²) >= 11 is 1.85. The zero-order valence-electron chi connectivity index (χ0n) is 25.4. The Bertz CT molecular complexity index is 2810. The van der Waals surface area contributed by atoms with E-state index in [9.17, 15) is 0 Å². The number of hydrogen-bond acceptors (Lipinski definition) is 3.